The Morgan fingerprint density at radius 2 is 1.33 bits per heavy atom. The van der Waals surface area contributed by atoms with Gasteiger partial charge in [-0.3, -0.25) is 0 Å². The lowest BCUT2D eigenvalue weighted by molar-refractivity contribution is 0.577. The molecular formula is C12H10N4O2. The number of anilines is 2. The molecule has 3 heterocycles. The first-order valence-corrected chi connectivity index (χ1v) is 5.26. The standard InChI is InChI=1S/C12H10N4O2/c13-9-10(7-3-1-5-17-7)15-12(14)16-11(9)8-4-2-6-18-8/h1-6H,13H2,(H2,14,15,16). The van der Waals surface area contributed by atoms with Crippen LogP contribution >= 0.6 is 0 Å². The monoisotopic (exact) mass is 242 g/mol. The van der Waals surface area contributed by atoms with Crippen LogP contribution in [0.1, 0.15) is 0 Å². The van der Waals surface area contributed by atoms with Crippen LogP contribution in [0.2, 0.25) is 0 Å². The van der Waals surface area contributed by atoms with E-state index in [0.29, 0.717) is 28.6 Å². The highest BCUT2D eigenvalue weighted by atomic mass is 16.3. The van der Waals surface area contributed by atoms with Crippen LogP contribution in [0.25, 0.3) is 22.9 Å². The highest BCUT2D eigenvalue weighted by Gasteiger charge is 2.17. The van der Waals surface area contributed by atoms with E-state index in [4.69, 9.17) is 20.3 Å². The summed E-state index contributed by atoms with van der Waals surface area (Å²) < 4.78 is 10.5. The van der Waals surface area contributed by atoms with Gasteiger partial charge in [0.1, 0.15) is 11.4 Å². The summed E-state index contributed by atoms with van der Waals surface area (Å²) in [4.78, 5) is 8.18. The first-order chi connectivity index (χ1) is 8.75. The van der Waals surface area contributed by atoms with Crippen LogP contribution in [-0.2, 0) is 0 Å². The van der Waals surface area contributed by atoms with E-state index in [0.717, 1.165) is 0 Å². The van der Waals surface area contributed by atoms with Gasteiger partial charge >= 0.3 is 0 Å². The molecule has 6 nitrogen and oxygen atoms in total. The lowest BCUT2D eigenvalue weighted by Gasteiger charge is -2.07. The molecule has 0 amide bonds. The SMILES string of the molecule is Nc1nc(-c2ccco2)c(N)c(-c2ccco2)n1. The number of nitrogens with zero attached hydrogens (tertiary/aromatic N) is 2. The van der Waals surface area contributed by atoms with Gasteiger partial charge in [0.05, 0.1) is 18.2 Å². The van der Waals surface area contributed by atoms with E-state index in [1.807, 2.05) is 0 Å². The van der Waals surface area contributed by atoms with Crippen LogP contribution in [0.15, 0.2) is 45.6 Å². The summed E-state index contributed by atoms with van der Waals surface area (Å²) in [7, 11) is 0. The van der Waals surface area contributed by atoms with Crippen LogP contribution in [0.5, 0.6) is 0 Å². The first kappa shape index (κ1) is 10.4. The van der Waals surface area contributed by atoms with Crippen molar-refractivity contribution >= 4 is 11.6 Å². The molecule has 0 atom stereocenters. The number of hydrogen-bond acceptors (Lipinski definition) is 6. The molecule has 3 aromatic heterocycles. The highest BCUT2D eigenvalue weighted by molar-refractivity contribution is 5.81. The van der Waals surface area contributed by atoms with Crippen molar-refractivity contribution in [2.24, 2.45) is 0 Å². The first-order valence-electron chi connectivity index (χ1n) is 5.26. The quantitative estimate of drug-likeness (QED) is 0.713. The second-order valence-corrected chi connectivity index (χ2v) is 3.65. The van der Waals surface area contributed by atoms with Crippen molar-refractivity contribution in [1.82, 2.24) is 9.97 Å². The predicted octanol–water partition coefficient (Wildman–Crippen LogP) is 2.16. The van der Waals surface area contributed by atoms with Gasteiger partial charge in [-0.2, -0.15) is 0 Å². The summed E-state index contributed by atoms with van der Waals surface area (Å²) in [5.74, 6) is 1.19. The molecule has 0 radical (unpaired) electrons. The molecule has 3 aromatic rings. The number of nitrogen functional groups attached to an aromatic ring is 2. The molecular weight excluding hydrogens is 232 g/mol. The van der Waals surface area contributed by atoms with Gasteiger partial charge in [-0.15, -0.1) is 0 Å². The van der Waals surface area contributed by atoms with Gasteiger partial charge in [-0.25, -0.2) is 9.97 Å². The second kappa shape index (κ2) is 3.92. The third-order valence-corrected chi connectivity index (χ3v) is 2.47. The average molecular weight is 242 g/mol. The Morgan fingerprint density at radius 1 is 0.833 bits per heavy atom. The highest BCUT2D eigenvalue weighted by Crippen LogP contribution is 2.32. The number of aromatic nitrogens is 2. The molecule has 0 fully saturated rings. The van der Waals surface area contributed by atoms with Crippen LogP contribution in [0.4, 0.5) is 11.6 Å². The van der Waals surface area contributed by atoms with Gasteiger partial charge in [0.2, 0.25) is 5.95 Å². The van der Waals surface area contributed by atoms with Crippen molar-refractivity contribution in [1.29, 1.82) is 0 Å². The fourth-order valence-electron chi connectivity index (χ4n) is 1.69. The summed E-state index contributed by atoms with van der Waals surface area (Å²) in [5, 5.41) is 0. The normalized spacial score (nSPS) is 10.7. The van der Waals surface area contributed by atoms with E-state index < -0.39 is 0 Å². The summed E-state index contributed by atoms with van der Waals surface area (Å²) in [6.07, 6.45) is 3.08. The van der Waals surface area contributed by atoms with E-state index in [-0.39, 0.29) is 5.95 Å². The van der Waals surface area contributed by atoms with Crippen LogP contribution in [0, 0.1) is 0 Å². The summed E-state index contributed by atoms with van der Waals surface area (Å²) in [6.45, 7) is 0. The minimum absolute atomic E-state index is 0.113. The molecule has 3 rings (SSSR count). The average Bonchev–Trinajstić information content (AvgIpc) is 3.02. The van der Waals surface area contributed by atoms with Crippen molar-refractivity contribution < 1.29 is 8.83 Å². The lowest BCUT2D eigenvalue weighted by Crippen LogP contribution is -2.03. The van der Waals surface area contributed by atoms with Crippen molar-refractivity contribution in [3.63, 3.8) is 0 Å². The number of nitrogens with two attached hydrogens (primary N) is 2. The molecule has 90 valence electrons. The molecule has 4 N–H and O–H groups in total. The molecule has 0 aliphatic heterocycles. The topological polar surface area (TPSA) is 104 Å². The molecule has 0 unspecified atom stereocenters. The zero-order valence-corrected chi connectivity index (χ0v) is 9.33. The summed E-state index contributed by atoms with van der Waals surface area (Å²) in [5.41, 5.74) is 13.0. The Bertz CT molecular complexity index is 604. The Kier molecular flexibility index (Phi) is 2.26. The molecule has 0 aromatic carbocycles. The molecule has 6 heteroatoms. The second-order valence-electron chi connectivity index (χ2n) is 3.65. The van der Waals surface area contributed by atoms with Crippen molar-refractivity contribution in [3.05, 3.63) is 36.8 Å². The minimum Gasteiger partial charge on any atom is -0.463 e. The van der Waals surface area contributed by atoms with Crippen LogP contribution < -0.4 is 11.5 Å². The van der Waals surface area contributed by atoms with Gasteiger partial charge in [0.15, 0.2) is 11.5 Å². The minimum atomic E-state index is 0.113. The van der Waals surface area contributed by atoms with Gasteiger partial charge in [0.25, 0.3) is 0 Å². The molecule has 0 bridgehead atoms. The molecule has 18 heavy (non-hydrogen) atoms. The number of rotatable bonds is 2. The van der Waals surface area contributed by atoms with E-state index in [9.17, 15) is 0 Å². The maximum absolute atomic E-state index is 6.03. The zero-order valence-electron chi connectivity index (χ0n) is 9.33. The van der Waals surface area contributed by atoms with Gasteiger partial charge in [-0.1, -0.05) is 0 Å². The maximum Gasteiger partial charge on any atom is 0.221 e. The Morgan fingerprint density at radius 3 is 1.72 bits per heavy atom. The maximum atomic E-state index is 6.03. The Balaban J connectivity index is 2.23. The fourth-order valence-corrected chi connectivity index (χ4v) is 1.69. The predicted molar refractivity (Wildman–Crippen MR) is 66.3 cm³/mol. The zero-order chi connectivity index (χ0) is 12.5. The van der Waals surface area contributed by atoms with E-state index in [1.165, 1.54) is 0 Å². The largest absolute Gasteiger partial charge is 0.463 e. The number of furan rings is 2. The molecule has 0 aliphatic carbocycles. The Hall–Kier alpha value is -2.76. The van der Waals surface area contributed by atoms with Gasteiger partial charge in [0, 0.05) is 0 Å². The Labute approximate surface area is 102 Å². The lowest BCUT2D eigenvalue weighted by atomic mass is 10.2. The van der Waals surface area contributed by atoms with E-state index in [2.05, 4.69) is 9.97 Å². The van der Waals surface area contributed by atoms with Crippen LogP contribution in [-0.4, -0.2) is 9.97 Å². The smallest absolute Gasteiger partial charge is 0.221 e. The fraction of sp³-hybridized carbons (Fsp3) is 0. The van der Waals surface area contributed by atoms with Crippen molar-refractivity contribution in [2.45, 2.75) is 0 Å². The molecule has 0 spiro atoms. The van der Waals surface area contributed by atoms with E-state index >= 15 is 0 Å². The van der Waals surface area contributed by atoms with Crippen LogP contribution in [0.3, 0.4) is 0 Å². The third kappa shape index (κ3) is 1.60. The molecule has 0 saturated heterocycles. The summed E-state index contributed by atoms with van der Waals surface area (Å²) >= 11 is 0. The summed E-state index contributed by atoms with van der Waals surface area (Å²) in [6, 6.07) is 7.01. The van der Waals surface area contributed by atoms with E-state index in [1.54, 1.807) is 36.8 Å². The molecule has 0 saturated carbocycles. The number of hydrogen-bond donors (Lipinski definition) is 2. The van der Waals surface area contributed by atoms with Crippen molar-refractivity contribution in [3.8, 4) is 22.9 Å². The third-order valence-electron chi connectivity index (χ3n) is 2.47. The van der Waals surface area contributed by atoms with Gasteiger partial charge < -0.3 is 20.3 Å². The molecule has 0 aliphatic rings. The van der Waals surface area contributed by atoms with Crippen molar-refractivity contribution in [2.75, 3.05) is 11.5 Å². The van der Waals surface area contributed by atoms with Gasteiger partial charge in [-0.05, 0) is 24.3 Å².